The highest BCUT2D eigenvalue weighted by Crippen LogP contribution is 2.31. The Labute approximate surface area is 107 Å². The van der Waals surface area contributed by atoms with Crippen molar-refractivity contribution < 1.29 is 14.3 Å². The van der Waals surface area contributed by atoms with Crippen molar-refractivity contribution >= 4 is 6.29 Å². The van der Waals surface area contributed by atoms with Gasteiger partial charge in [-0.15, -0.1) is 0 Å². The average Bonchev–Trinajstić information content (AvgIpc) is 2.87. The van der Waals surface area contributed by atoms with Gasteiger partial charge in [-0.1, -0.05) is 19.3 Å². The molecule has 1 aliphatic carbocycles. The van der Waals surface area contributed by atoms with Gasteiger partial charge in [0.2, 0.25) is 6.79 Å². The van der Waals surface area contributed by atoms with Gasteiger partial charge in [-0.05, 0) is 31.0 Å². The highest BCUT2D eigenvalue weighted by molar-refractivity contribution is 5.76. The molecule has 0 saturated heterocycles. The SMILES string of the molecule is NC1CCCCC1.O=Cc1ccc2c(c1)OCO2. The Balaban J connectivity index is 0.000000149. The number of hydrogen-bond donors (Lipinski definition) is 1. The first kappa shape index (κ1) is 12.9. The van der Waals surface area contributed by atoms with Gasteiger partial charge in [-0.25, -0.2) is 0 Å². The lowest BCUT2D eigenvalue weighted by molar-refractivity contribution is 0.112. The first-order valence-electron chi connectivity index (χ1n) is 6.40. The summed E-state index contributed by atoms with van der Waals surface area (Å²) >= 11 is 0. The molecule has 1 aromatic rings. The molecule has 1 saturated carbocycles. The van der Waals surface area contributed by atoms with Crippen LogP contribution in [0.5, 0.6) is 11.5 Å². The van der Waals surface area contributed by atoms with E-state index in [4.69, 9.17) is 15.2 Å². The number of carbonyl (C=O) groups excluding carboxylic acids is 1. The zero-order valence-electron chi connectivity index (χ0n) is 10.4. The number of benzene rings is 1. The summed E-state index contributed by atoms with van der Waals surface area (Å²) in [5.74, 6) is 1.35. The van der Waals surface area contributed by atoms with E-state index in [0.29, 0.717) is 23.1 Å². The summed E-state index contributed by atoms with van der Waals surface area (Å²) in [5.41, 5.74) is 6.24. The Kier molecular flexibility index (Phi) is 4.59. The number of nitrogens with two attached hydrogens (primary N) is 1. The number of aldehydes is 1. The minimum Gasteiger partial charge on any atom is -0.454 e. The third-order valence-electron chi connectivity index (χ3n) is 3.18. The number of rotatable bonds is 1. The maximum atomic E-state index is 10.3. The third-order valence-corrected chi connectivity index (χ3v) is 3.18. The molecule has 3 rings (SSSR count). The minimum atomic E-state index is 0.248. The topological polar surface area (TPSA) is 61.6 Å². The molecule has 18 heavy (non-hydrogen) atoms. The fourth-order valence-electron chi connectivity index (χ4n) is 2.12. The van der Waals surface area contributed by atoms with Crippen LogP contribution in [0.15, 0.2) is 18.2 Å². The summed E-state index contributed by atoms with van der Waals surface area (Å²) in [6.07, 6.45) is 7.44. The van der Waals surface area contributed by atoms with Crippen LogP contribution in [0.3, 0.4) is 0 Å². The highest BCUT2D eigenvalue weighted by Gasteiger charge is 2.12. The molecule has 0 amide bonds. The first-order chi connectivity index (χ1) is 8.79. The maximum absolute atomic E-state index is 10.3. The summed E-state index contributed by atoms with van der Waals surface area (Å²) in [4.78, 5) is 10.3. The molecular formula is C14H19NO3. The Hall–Kier alpha value is -1.55. The molecule has 1 aliphatic heterocycles. The first-order valence-corrected chi connectivity index (χ1v) is 6.40. The van der Waals surface area contributed by atoms with Crippen molar-refractivity contribution in [2.75, 3.05) is 6.79 Å². The van der Waals surface area contributed by atoms with Gasteiger partial charge in [0.25, 0.3) is 0 Å². The normalized spacial score (nSPS) is 17.8. The quantitative estimate of drug-likeness (QED) is 0.777. The lowest BCUT2D eigenvalue weighted by Crippen LogP contribution is -2.22. The molecule has 0 radical (unpaired) electrons. The lowest BCUT2D eigenvalue weighted by Gasteiger charge is -2.15. The molecule has 2 N–H and O–H groups in total. The Morgan fingerprint density at radius 1 is 1.11 bits per heavy atom. The van der Waals surface area contributed by atoms with Gasteiger partial charge in [-0.2, -0.15) is 0 Å². The van der Waals surface area contributed by atoms with Crippen LogP contribution in [-0.4, -0.2) is 19.1 Å². The lowest BCUT2D eigenvalue weighted by atomic mass is 9.97. The molecule has 0 aromatic heterocycles. The van der Waals surface area contributed by atoms with Crippen LogP contribution < -0.4 is 15.2 Å². The maximum Gasteiger partial charge on any atom is 0.231 e. The van der Waals surface area contributed by atoms with Gasteiger partial charge in [-0.3, -0.25) is 4.79 Å². The Morgan fingerprint density at radius 3 is 2.44 bits per heavy atom. The van der Waals surface area contributed by atoms with Gasteiger partial charge in [0.15, 0.2) is 11.5 Å². The fourth-order valence-corrected chi connectivity index (χ4v) is 2.12. The number of hydrogen-bond acceptors (Lipinski definition) is 4. The molecule has 4 heteroatoms. The smallest absolute Gasteiger partial charge is 0.231 e. The van der Waals surface area contributed by atoms with Crippen LogP contribution in [0.4, 0.5) is 0 Å². The summed E-state index contributed by atoms with van der Waals surface area (Å²) in [6.45, 7) is 0.248. The molecule has 0 bridgehead atoms. The van der Waals surface area contributed by atoms with Gasteiger partial charge >= 0.3 is 0 Å². The second-order valence-electron chi connectivity index (χ2n) is 4.63. The molecule has 4 nitrogen and oxygen atoms in total. The van der Waals surface area contributed by atoms with Gasteiger partial charge in [0, 0.05) is 11.6 Å². The van der Waals surface area contributed by atoms with Crippen molar-refractivity contribution in [2.24, 2.45) is 5.73 Å². The van der Waals surface area contributed by atoms with Crippen LogP contribution >= 0.6 is 0 Å². The highest BCUT2D eigenvalue weighted by atomic mass is 16.7. The molecule has 0 unspecified atom stereocenters. The van der Waals surface area contributed by atoms with Crippen LogP contribution in [-0.2, 0) is 0 Å². The molecule has 98 valence electrons. The van der Waals surface area contributed by atoms with E-state index in [1.165, 1.54) is 32.1 Å². The molecule has 1 fully saturated rings. The average molecular weight is 249 g/mol. The summed E-state index contributed by atoms with van der Waals surface area (Å²) in [7, 11) is 0. The van der Waals surface area contributed by atoms with Crippen molar-refractivity contribution in [3.63, 3.8) is 0 Å². The number of fused-ring (bicyclic) bond motifs is 1. The number of carbonyl (C=O) groups is 1. The van der Waals surface area contributed by atoms with Crippen molar-refractivity contribution in [1.82, 2.24) is 0 Å². The summed E-state index contributed by atoms with van der Waals surface area (Å²) in [5, 5.41) is 0. The van der Waals surface area contributed by atoms with E-state index in [9.17, 15) is 4.79 Å². The summed E-state index contributed by atoms with van der Waals surface area (Å²) < 4.78 is 10.1. The van der Waals surface area contributed by atoms with Crippen molar-refractivity contribution in [3.8, 4) is 11.5 Å². The second-order valence-corrected chi connectivity index (χ2v) is 4.63. The predicted octanol–water partition coefficient (Wildman–Crippen LogP) is 2.51. The van der Waals surface area contributed by atoms with Crippen LogP contribution in [0, 0.1) is 0 Å². The van der Waals surface area contributed by atoms with E-state index < -0.39 is 0 Å². The second kappa shape index (κ2) is 6.40. The number of ether oxygens (including phenoxy) is 2. The van der Waals surface area contributed by atoms with Crippen molar-refractivity contribution in [1.29, 1.82) is 0 Å². The predicted molar refractivity (Wildman–Crippen MR) is 69.0 cm³/mol. The van der Waals surface area contributed by atoms with E-state index in [2.05, 4.69) is 0 Å². The van der Waals surface area contributed by atoms with Gasteiger partial charge < -0.3 is 15.2 Å². The molecule has 2 aliphatic rings. The van der Waals surface area contributed by atoms with Crippen LogP contribution in [0.1, 0.15) is 42.5 Å². The monoisotopic (exact) mass is 249 g/mol. The van der Waals surface area contributed by atoms with E-state index in [1.807, 2.05) is 0 Å². The fraction of sp³-hybridized carbons (Fsp3) is 0.500. The molecule has 1 aromatic carbocycles. The Bertz CT molecular complexity index is 400. The third kappa shape index (κ3) is 3.47. The molecule has 0 spiro atoms. The van der Waals surface area contributed by atoms with Crippen LogP contribution in [0.2, 0.25) is 0 Å². The van der Waals surface area contributed by atoms with E-state index in [0.717, 1.165) is 6.29 Å². The molecular weight excluding hydrogens is 230 g/mol. The van der Waals surface area contributed by atoms with E-state index >= 15 is 0 Å². The standard InChI is InChI=1S/C8H6O3.C6H13N/c9-4-6-1-2-7-8(3-6)11-5-10-7;7-6-4-2-1-3-5-6/h1-4H,5H2;6H,1-5,7H2. The van der Waals surface area contributed by atoms with Gasteiger partial charge in [0.1, 0.15) is 6.29 Å². The molecule has 1 heterocycles. The zero-order chi connectivity index (χ0) is 12.8. The summed E-state index contributed by atoms with van der Waals surface area (Å²) in [6, 6.07) is 5.62. The van der Waals surface area contributed by atoms with Crippen molar-refractivity contribution in [2.45, 2.75) is 38.1 Å². The van der Waals surface area contributed by atoms with E-state index in [1.54, 1.807) is 18.2 Å². The van der Waals surface area contributed by atoms with E-state index in [-0.39, 0.29) is 6.79 Å². The molecule has 0 atom stereocenters. The Morgan fingerprint density at radius 2 is 1.83 bits per heavy atom. The largest absolute Gasteiger partial charge is 0.454 e. The van der Waals surface area contributed by atoms with Crippen LogP contribution in [0.25, 0.3) is 0 Å². The minimum absolute atomic E-state index is 0.248. The zero-order valence-corrected chi connectivity index (χ0v) is 10.4. The van der Waals surface area contributed by atoms with Gasteiger partial charge in [0.05, 0.1) is 0 Å². The van der Waals surface area contributed by atoms with Crippen molar-refractivity contribution in [3.05, 3.63) is 23.8 Å².